The standard InChI is InChI=1S/C18H18IN3OS/c1-11-8-13(9-16-17(23)21(4)18(20-3)24-16)12(2)22(11)15-7-5-6-14(19)10-15/h5-10H,1-4H3. The lowest BCUT2D eigenvalue weighted by Gasteiger charge is -2.10. The van der Waals surface area contributed by atoms with Gasteiger partial charge in [0.2, 0.25) is 0 Å². The fourth-order valence-electron chi connectivity index (χ4n) is 2.84. The third-order valence-electron chi connectivity index (χ3n) is 4.02. The Morgan fingerprint density at radius 2 is 2.00 bits per heavy atom. The maximum atomic E-state index is 12.3. The van der Waals surface area contributed by atoms with Crippen LogP contribution in [0.2, 0.25) is 0 Å². The van der Waals surface area contributed by atoms with Crippen LogP contribution >= 0.6 is 34.4 Å². The van der Waals surface area contributed by atoms with Gasteiger partial charge in [0, 0.05) is 34.7 Å². The molecule has 1 amide bonds. The molecule has 0 atom stereocenters. The number of aryl methyl sites for hydroxylation is 1. The molecule has 1 aliphatic rings. The molecular weight excluding hydrogens is 433 g/mol. The lowest BCUT2D eigenvalue weighted by Crippen LogP contribution is -2.23. The molecule has 1 aromatic heterocycles. The van der Waals surface area contributed by atoms with Gasteiger partial charge in [0.05, 0.1) is 4.91 Å². The third kappa shape index (κ3) is 3.04. The number of benzene rings is 1. The highest BCUT2D eigenvalue weighted by Crippen LogP contribution is 2.33. The number of likely N-dealkylation sites (N-methyl/N-ethyl adjacent to an activating group) is 1. The summed E-state index contributed by atoms with van der Waals surface area (Å²) in [6, 6.07) is 10.5. The second-order valence-corrected chi connectivity index (χ2v) is 7.88. The Bertz CT molecular complexity index is 882. The first-order valence-electron chi connectivity index (χ1n) is 7.51. The van der Waals surface area contributed by atoms with Crippen LogP contribution in [0.1, 0.15) is 17.0 Å². The van der Waals surface area contributed by atoms with Crippen LogP contribution < -0.4 is 0 Å². The molecule has 2 aromatic rings. The number of thioether (sulfide) groups is 1. The van der Waals surface area contributed by atoms with Gasteiger partial charge in [0.1, 0.15) is 0 Å². The van der Waals surface area contributed by atoms with Crippen LogP contribution in [0.15, 0.2) is 40.2 Å². The number of aromatic nitrogens is 1. The number of amides is 1. The summed E-state index contributed by atoms with van der Waals surface area (Å²) < 4.78 is 3.42. The zero-order chi connectivity index (χ0) is 17.4. The van der Waals surface area contributed by atoms with Gasteiger partial charge < -0.3 is 4.57 Å². The molecule has 1 aromatic carbocycles. The average Bonchev–Trinajstić information content (AvgIpc) is 2.98. The fraction of sp³-hybridized carbons (Fsp3) is 0.222. The van der Waals surface area contributed by atoms with Gasteiger partial charge >= 0.3 is 0 Å². The van der Waals surface area contributed by atoms with Gasteiger partial charge in [-0.3, -0.25) is 14.7 Å². The molecule has 124 valence electrons. The minimum atomic E-state index is -0.000312. The van der Waals surface area contributed by atoms with Crippen molar-refractivity contribution in [3.63, 3.8) is 0 Å². The highest BCUT2D eigenvalue weighted by Gasteiger charge is 2.30. The number of halogens is 1. The van der Waals surface area contributed by atoms with Crippen LogP contribution in [-0.4, -0.2) is 34.6 Å². The van der Waals surface area contributed by atoms with Crippen LogP contribution in [0.4, 0.5) is 0 Å². The van der Waals surface area contributed by atoms with Crippen molar-refractivity contribution < 1.29 is 4.79 Å². The minimum absolute atomic E-state index is 0.000312. The van der Waals surface area contributed by atoms with E-state index in [1.165, 1.54) is 15.3 Å². The zero-order valence-corrected chi connectivity index (χ0v) is 17.0. The molecule has 4 nitrogen and oxygen atoms in total. The maximum Gasteiger partial charge on any atom is 0.266 e. The molecule has 0 bridgehead atoms. The van der Waals surface area contributed by atoms with E-state index in [1.807, 2.05) is 6.08 Å². The van der Waals surface area contributed by atoms with Crippen molar-refractivity contribution >= 4 is 51.5 Å². The summed E-state index contributed by atoms with van der Waals surface area (Å²) in [7, 11) is 3.46. The Morgan fingerprint density at radius 3 is 2.62 bits per heavy atom. The van der Waals surface area contributed by atoms with Crippen molar-refractivity contribution in [3.8, 4) is 5.69 Å². The Morgan fingerprint density at radius 1 is 1.25 bits per heavy atom. The monoisotopic (exact) mass is 451 g/mol. The molecule has 0 spiro atoms. The van der Waals surface area contributed by atoms with E-state index in [-0.39, 0.29) is 5.91 Å². The Balaban J connectivity index is 2.05. The summed E-state index contributed by atoms with van der Waals surface area (Å²) in [5.74, 6) is -0.000312. The van der Waals surface area contributed by atoms with Crippen molar-refractivity contribution in [2.24, 2.45) is 4.99 Å². The van der Waals surface area contributed by atoms with Crippen LogP contribution in [0.3, 0.4) is 0 Å². The molecule has 1 saturated heterocycles. The smallest absolute Gasteiger partial charge is 0.266 e. The van der Waals surface area contributed by atoms with Crippen LogP contribution in [0, 0.1) is 17.4 Å². The van der Waals surface area contributed by atoms with E-state index in [0.29, 0.717) is 4.91 Å². The predicted molar refractivity (Wildman–Crippen MR) is 110 cm³/mol. The quantitative estimate of drug-likeness (QED) is 0.507. The lowest BCUT2D eigenvalue weighted by molar-refractivity contribution is -0.121. The lowest BCUT2D eigenvalue weighted by atomic mass is 10.2. The molecule has 6 heteroatoms. The first-order chi connectivity index (χ1) is 11.4. The van der Waals surface area contributed by atoms with E-state index in [1.54, 1.807) is 19.0 Å². The van der Waals surface area contributed by atoms with Gasteiger partial charge in [-0.1, -0.05) is 6.07 Å². The summed E-state index contributed by atoms with van der Waals surface area (Å²) >= 11 is 3.74. The van der Waals surface area contributed by atoms with Crippen LogP contribution in [0.25, 0.3) is 11.8 Å². The van der Waals surface area contributed by atoms with Crippen LogP contribution in [-0.2, 0) is 4.79 Å². The van der Waals surface area contributed by atoms with E-state index in [0.717, 1.165) is 27.8 Å². The SMILES string of the molecule is CN=C1SC(=Cc2cc(C)n(-c3cccc(I)c3)c2C)C(=O)N1C. The number of nitrogens with zero attached hydrogens (tertiary/aromatic N) is 3. The van der Waals surface area contributed by atoms with E-state index in [4.69, 9.17) is 0 Å². The van der Waals surface area contributed by atoms with Gasteiger partial charge in [-0.2, -0.15) is 0 Å². The van der Waals surface area contributed by atoms with Crippen molar-refractivity contribution in [1.29, 1.82) is 0 Å². The molecule has 0 unspecified atom stereocenters. The van der Waals surface area contributed by atoms with E-state index in [2.05, 4.69) is 76.3 Å². The third-order valence-corrected chi connectivity index (χ3v) is 5.84. The van der Waals surface area contributed by atoms with E-state index >= 15 is 0 Å². The fourth-order valence-corrected chi connectivity index (χ4v) is 4.28. The summed E-state index contributed by atoms with van der Waals surface area (Å²) in [4.78, 5) is 18.8. The van der Waals surface area contributed by atoms with Gasteiger partial charge in [0.15, 0.2) is 5.17 Å². The number of carbonyl (C=O) groups is 1. The number of aliphatic imine (C=N–C) groups is 1. The number of carbonyl (C=O) groups excluding carboxylic acids is 1. The van der Waals surface area contributed by atoms with Crippen molar-refractivity contribution in [2.75, 3.05) is 14.1 Å². The zero-order valence-electron chi connectivity index (χ0n) is 14.0. The van der Waals surface area contributed by atoms with Gasteiger partial charge in [-0.25, -0.2) is 0 Å². The van der Waals surface area contributed by atoms with Crippen LogP contribution in [0.5, 0.6) is 0 Å². The molecule has 3 rings (SSSR count). The molecule has 2 heterocycles. The molecule has 0 saturated carbocycles. The summed E-state index contributed by atoms with van der Waals surface area (Å²) in [6.45, 7) is 4.17. The molecule has 0 radical (unpaired) electrons. The second kappa shape index (κ2) is 6.76. The first-order valence-corrected chi connectivity index (χ1v) is 9.41. The normalized spacial score (nSPS) is 18.2. The number of hydrogen-bond donors (Lipinski definition) is 0. The number of hydrogen-bond acceptors (Lipinski definition) is 3. The van der Waals surface area contributed by atoms with Crippen molar-refractivity contribution in [3.05, 3.63) is 55.8 Å². The van der Waals surface area contributed by atoms with Gasteiger partial charge in [0.25, 0.3) is 5.91 Å². The van der Waals surface area contributed by atoms with Gasteiger partial charge in [-0.15, -0.1) is 0 Å². The molecule has 24 heavy (non-hydrogen) atoms. The average molecular weight is 451 g/mol. The number of amidine groups is 1. The highest BCUT2D eigenvalue weighted by molar-refractivity contribution is 14.1. The topological polar surface area (TPSA) is 37.6 Å². The van der Waals surface area contributed by atoms with Gasteiger partial charge in [-0.05, 0) is 84.1 Å². The molecule has 0 N–H and O–H groups in total. The number of rotatable bonds is 2. The predicted octanol–water partition coefficient (Wildman–Crippen LogP) is 4.23. The molecule has 1 fully saturated rings. The Kier molecular flexibility index (Phi) is 4.87. The van der Waals surface area contributed by atoms with Crippen molar-refractivity contribution in [2.45, 2.75) is 13.8 Å². The molecule has 0 aliphatic carbocycles. The Labute approximate surface area is 159 Å². The van der Waals surface area contributed by atoms with Crippen molar-refractivity contribution in [1.82, 2.24) is 9.47 Å². The Hall–Kier alpha value is -1.54. The molecular formula is C18H18IN3OS. The molecule has 1 aliphatic heterocycles. The summed E-state index contributed by atoms with van der Waals surface area (Å²) in [5, 5.41) is 0.734. The summed E-state index contributed by atoms with van der Waals surface area (Å²) in [6.07, 6.45) is 1.97. The second-order valence-electron chi connectivity index (χ2n) is 5.62. The first kappa shape index (κ1) is 17.3. The summed E-state index contributed by atoms with van der Waals surface area (Å²) in [5.41, 5.74) is 4.47. The van der Waals surface area contributed by atoms with E-state index < -0.39 is 0 Å². The maximum absolute atomic E-state index is 12.3. The highest BCUT2D eigenvalue weighted by atomic mass is 127. The minimum Gasteiger partial charge on any atom is -0.318 e. The largest absolute Gasteiger partial charge is 0.318 e. The van der Waals surface area contributed by atoms with E-state index in [9.17, 15) is 4.79 Å².